The average Bonchev–Trinajstić information content (AvgIpc) is 3.10. The summed E-state index contributed by atoms with van der Waals surface area (Å²) in [5.41, 5.74) is 1.54. The summed E-state index contributed by atoms with van der Waals surface area (Å²) in [7, 11) is 3.28. The molecule has 1 atom stereocenters. The Morgan fingerprint density at radius 3 is 2.79 bits per heavy atom. The molecular formula is C18H20N2O4. The number of ether oxygens (including phenoxy) is 1. The molecule has 2 heterocycles. The van der Waals surface area contributed by atoms with Gasteiger partial charge < -0.3 is 19.4 Å². The zero-order chi connectivity index (χ0) is 17.3. The van der Waals surface area contributed by atoms with E-state index in [1.54, 1.807) is 31.2 Å². The predicted molar refractivity (Wildman–Crippen MR) is 88.9 cm³/mol. The molecule has 0 radical (unpaired) electrons. The Morgan fingerprint density at radius 1 is 1.33 bits per heavy atom. The van der Waals surface area contributed by atoms with Gasteiger partial charge in [0.25, 0.3) is 0 Å². The fraction of sp³-hybridized carbons (Fsp3) is 0.333. The van der Waals surface area contributed by atoms with E-state index in [4.69, 9.17) is 9.15 Å². The molecule has 1 N–H and O–H groups in total. The van der Waals surface area contributed by atoms with E-state index in [2.05, 4.69) is 5.32 Å². The summed E-state index contributed by atoms with van der Waals surface area (Å²) in [6.07, 6.45) is 0.126. The molecule has 0 aliphatic carbocycles. The highest BCUT2D eigenvalue weighted by Gasteiger charge is 2.33. The number of carbonyl (C=O) groups is 2. The lowest BCUT2D eigenvalue weighted by Gasteiger charge is -2.18. The van der Waals surface area contributed by atoms with E-state index in [0.717, 1.165) is 17.1 Å². The van der Waals surface area contributed by atoms with E-state index in [1.807, 2.05) is 25.1 Å². The fourth-order valence-corrected chi connectivity index (χ4v) is 2.86. The minimum Gasteiger partial charge on any atom is -0.497 e. The first-order chi connectivity index (χ1) is 11.5. The van der Waals surface area contributed by atoms with Gasteiger partial charge in [0.15, 0.2) is 0 Å². The molecule has 6 nitrogen and oxygen atoms in total. The number of nitrogens with one attached hydrogen (secondary N) is 1. The van der Waals surface area contributed by atoms with Crippen LogP contribution in [0, 0.1) is 6.92 Å². The van der Waals surface area contributed by atoms with E-state index in [0.29, 0.717) is 18.0 Å². The molecule has 1 aromatic carbocycles. The highest BCUT2D eigenvalue weighted by atomic mass is 16.5. The van der Waals surface area contributed by atoms with Gasteiger partial charge in [-0.2, -0.15) is 0 Å². The molecule has 1 unspecified atom stereocenters. The van der Waals surface area contributed by atoms with Gasteiger partial charge in [-0.15, -0.1) is 0 Å². The quantitative estimate of drug-likeness (QED) is 0.916. The van der Waals surface area contributed by atoms with Crippen LogP contribution >= 0.6 is 0 Å². The second kappa shape index (κ2) is 6.39. The van der Waals surface area contributed by atoms with Gasteiger partial charge in [0.1, 0.15) is 17.3 Å². The molecule has 0 fully saturated rings. The van der Waals surface area contributed by atoms with Crippen LogP contribution in [-0.2, 0) is 16.1 Å². The molecule has 0 bridgehead atoms. The second-order valence-electron chi connectivity index (χ2n) is 5.96. The SMILES string of the molecule is COc1ccc2c(c1)NC(=O)C2CC(=O)N(C)Cc1ccc(C)o1. The van der Waals surface area contributed by atoms with Crippen molar-refractivity contribution in [1.82, 2.24) is 4.90 Å². The molecule has 3 rings (SSSR count). The van der Waals surface area contributed by atoms with Crippen LogP contribution in [0.3, 0.4) is 0 Å². The van der Waals surface area contributed by atoms with E-state index in [9.17, 15) is 9.59 Å². The summed E-state index contributed by atoms with van der Waals surface area (Å²) in [6, 6.07) is 9.11. The predicted octanol–water partition coefficient (Wildman–Crippen LogP) is 2.68. The number of benzene rings is 1. The maximum atomic E-state index is 12.5. The number of hydrogen-bond donors (Lipinski definition) is 1. The van der Waals surface area contributed by atoms with Gasteiger partial charge in [0, 0.05) is 25.2 Å². The van der Waals surface area contributed by atoms with Crippen LogP contribution in [0.25, 0.3) is 0 Å². The third-order valence-electron chi connectivity index (χ3n) is 4.20. The van der Waals surface area contributed by atoms with Gasteiger partial charge >= 0.3 is 0 Å². The number of hydrogen-bond acceptors (Lipinski definition) is 4. The lowest BCUT2D eigenvalue weighted by atomic mass is 9.96. The van der Waals surface area contributed by atoms with Gasteiger partial charge in [-0.05, 0) is 30.7 Å². The lowest BCUT2D eigenvalue weighted by Crippen LogP contribution is -2.29. The summed E-state index contributed by atoms with van der Waals surface area (Å²) in [5, 5.41) is 2.81. The molecule has 2 aromatic rings. The molecule has 6 heteroatoms. The normalized spacial score (nSPS) is 15.8. The summed E-state index contributed by atoms with van der Waals surface area (Å²) in [4.78, 5) is 26.3. The molecule has 1 aliphatic heterocycles. The fourth-order valence-electron chi connectivity index (χ4n) is 2.86. The molecular weight excluding hydrogens is 308 g/mol. The van der Waals surface area contributed by atoms with Crippen LogP contribution in [0.1, 0.15) is 29.4 Å². The van der Waals surface area contributed by atoms with Crippen molar-refractivity contribution in [2.75, 3.05) is 19.5 Å². The van der Waals surface area contributed by atoms with Crippen LogP contribution in [0.4, 0.5) is 5.69 Å². The molecule has 126 valence electrons. The zero-order valence-corrected chi connectivity index (χ0v) is 14.0. The van der Waals surface area contributed by atoms with Crippen LogP contribution in [0.15, 0.2) is 34.7 Å². The number of aryl methyl sites for hydroxylation is 1. The van der Waals surface area contributed by atoms with Gasteiger partial charge in [-0.25, -0.2) is 0 Å². The number of nitrogens with zero attached hydrogens (tertiary/aromatic N) is 1. The monoisotopic (exact) mass is 328 g/mol. The van der Waals surface area contributed by atoms with Gasteiger partial charge in [-0.3, -0.25) is 9.59 Å². The van der Waals surface area contributed by atoms with E-state index in [-0.39, 0.29) is 18.2 Å². The Kier molecular flexibility index (Phi) is 4.29. The molecule has 0 spiro atoms. The van der Waals surface area contributed by atoms with E-state index < -0.39 is 5.92 Å². The molecule has 1 aromatic heterocycles. The standard InChI is InChI=1S/C18H20N2O4/c1-11-4-5-13(24-11)10-20(2)17(21)9-15-14-7-6-12(23-3)8-16(14)19-18(15)22/h4-8,15H,9-10H2,1-3H3,(H,19,22). The van der Waals surface area contributed by atoms with Crippen molar-refractivity contribution in [3.63, 3.8) is 0 Å². The first-order valence-electron chi connectivity index (χ1n) is 7.76. The van der Waals surface area contributed by atoms with Crippen molar-refractivity contribution in [3.8, 4) is 5.75 Å². The Balaban J connectivity index is 1.69. The summed E-state index contributed by atoms with van der Waals surface area (Å²) in [5.74, 6) is 1.47. The van der Waals surface area contributed by atoms with Crippen molar-refractivity contribution >= 4 is 17.5 Å². The van der Waals surface area contributed by atoms with Crippen molar-refractivity contribution in [2.45, 2.75) is 25.8 Å². The van der Waals surface area contributed by atoms with Gasteiger partial charge in [0.05, 0.1) is 19.6 Å². The van der Waals surface area contributed by atoms with Crippen LogP contribution in [0.5, 0.6) is 5.75 Å². The van der Waals surface area contributed by atoms with Crippen molar-refractivity contribution in [3.05, 3.63) is 47.4 Å². The van der Waals surface area contributed by atoms with Gasteiger partial charge in [0.2, 0.25) is 11.8 Å². The minimum atomic E-state index is -0.473. The highest BCUT2D eigenvalue weighted by Crippen LogP contribution is 2.37. The molecule has 24 heavy (non-hydrogen) atoms. The topological polar surface area (TPSA) is 71.8 Å². The minimum absolute atomic E-state index is 0.104. The molecule has 1 aliphatic rings. The number of amides is 2. The molecule has 2 amide bonds. The Morgan fingerprint density at radius 2 is 2.12 bits per heavy atom. The Bertz CT molecular complexity index is 781. The van der Waals surface area contributed by atoms with Gasteiger partial charge in [-0.1, -0.05) is 6.07 Å². The van der Waals surface area contributed by atoms with Crippen molar-refractivity contribution in [1.29, 1.82) is 0 Å². The number of furan rings is 1. The van der Waals surface area contributed by atoms with Crippen molar-refractivity contribution in [2.24, 2.45) is 0 Å². The smallest absolute Gasteiger partial charge is 0.232 e. The van der Waals surface area contributed by atoms with E-state index in [1.165, 1.54) is 0 Å². The third-order valence-corrected chi connectivity index (χ3v) is 4.20. The summed E-state index contributed by atoms with van der Waals surface area (Å²) in [6.45, 7) is 2.25. The summed E-state index contributed by atoms with van der Waals surface area (Å²) >= 11 is 0. The van der Waals surface area contributed by atoms with Crippen LogP contribution < -0.4 is 10.1 Å². The van der Waals surface area contributed by atoms with Crippen LogP contribution in [0.2, 0.25) is 0 Å². The summed E-state index contributed by atoms with van der Waals surface area (Å²) < 4.78 is 10.7. The molecule has 0 saturated heterocycles. The molecule has 0 saturated carbocycles. The Labute approximate surface area is 140 Å². The number of methoxy groups -OCH3 is 1. The Hall–Kier alpha value is -2.76. The highest BCUT2D eigenvalue weighted by molar-refractivity contribution is 6.05. The van der Waals surface area contributed by atoms with Crippen LogP contribution in [-0.4, -0.2) is 30.9 Å². The zero-order valence-electron chi connectivity index (χ0n) is 14.0. The van der Waals surface area contributed by atoms with Crippen molar-refractivity contribution < 1.29 is 18.7 Å². The third kappa shape index (κ3) is 3.13. The van der Waals surface area contributed by atoms with E-state index >= 15 is 0 Å². The second-order valence-corrected chi connectivity index (χ2v) is 5.96. The maximum Gasteiger partial charge on any atom is 0.232 e. The number of anilines is 1. The first kappa shape index (κ1) is 16.1. The first-order valence-corrected chi connectivity index (χ1v) is 7.76. The largest absolute Gasteiger partial charge is 0.497 e. The number of rotatable bonds is 5. The maximum absolute atomic E-state index is 12.5. The average molecular weight is 328 g/mol. The number of fused-ring (bicyclic) bond motifs is 1. The number of carbonyl (C=O) groups excluding carboxylic acids is 2. The lowest BCUT2D eigenvalue weighted by molar-refractivity contribution is -0.132.